The Morgan fingerprint density at radius 1 is 1.00 bits per heavy atom. The molecule has 0 bridgehead atoms. The Kier molecular flexibility index (Phi) is 3.58. The first-order chi connectivity index (χ1) is 14.1. The fraction of sp³-hybridized carbons (Fsp3) is 0.0435. The van der Waals surface area contributed by atoms with Gasteiger partial charge in [0.2, 0.25) is 5.88 Å². The van der Waals surface area contributed by atoms with Crippen LogP contribution in [0.25, 0.3) is 21.7 Å². The largest absolute Gasteiger partial charge is 0.508 e. The van der Waals surface area contributed by atoms with E-state index in [4.69, 9.17) is 10.5 Å². The summed E-state index contributed by atoms with van der Waals surface area (Å²) in [6.07, 6.45) is 0. The van der Waals surface area contributed by atoms with Gasteiger partial charge in [0.1, 0.15) is 23.1 Å². The van der Waals surface area contributed by atoms with Gasteiger partial charge in [-0.1, -0.05) is 42.5 Å². The van der Waals surface area contributed by atoms with Crippen LogP contribution in [0.5, 0.6) is 11.5 Å². The Labute approximate surface area is 165 Å². The number of phenolic OH excluding ortho intramolecular Hbond substituents is 1. The van der Waals surface area contributed by atoms with Crippen LogP contribution in [0.2, 0.25) is 0 Å². The molecule has 0 saturated heterocycles. The Bertz CT molecular complexity index is 1440. The summed E-state index contributed by atoms with van der Waals surface area (Å²) in [6.45, 7) is 0. The number of benzene rings is 3. The lowest BCUT2D eigenvalue weighted by atomic mass is 9.81. The normalized spacial score (nSPS) is 15.8. The number of nitrogens with two attached hydrogens (primary N) is 1. The predicted molar refractivity (Wildman–Crippen MR) is 109 cm³/mol. The van der Waals surface area contributed by atoms with Crippen molar-refractivity contribution in [3.8, 4) is 17.6 Å². The summed E-state index contributed by atoms with van der Waals surface area (Å²) in [5.41, 5.74) is 7.11. The number of nitriles is 1. The van der Waals surface area contributed by atoms with Gasteiger partial charge in [-0.15, -0.1) is 0 Å². The number of hydrogen-bond donors (Lipinski definition) is 3. The van der Waals surface area contributed by atoms with Gasteiger partial charge in [0.15, 0.2) is 0 Å². The fourth-order valence-electron chi connectivity index (χ4n) is 4.05. The summed E-state index contributed by atoms with van der Waals surface area (Å²) < 4.78 is 5.77. The van der Waals surface area contributed by atoms with Gasteiger partial charge in [0.05, 0.1) is 17.0 Å². The molecule has 5 rings (SSSR count). The Morgan fingerprint density at radius 3 is 2.52 bits per heavy atom. The molecule has 4 N–H and O–H groups in total. The van der Waals surface area contributed by atoms with E-state index in [2.05, 4.69) is 11.1 Å². The molecule has 0 spiro atoms. The van der Waals surface area contributed by atoms with Crippen molar-refractivity contribution in [3.63, 3.8) is 0 Å². The zero-order valence-corrected chi connectivity index (χ0v) is 15.1. The van der Waals surface area contributed by atoms with E-state index in [0.717, 1.165) is 10.8 Å². The number of para-hydroxylation sites is 1. The van der Waals surface area contributed by atoms with E-state index >= 15 is 0 Å². The first-order valence-corrected chi connectivity index (χ1v) is 9.03. The van der Waals surface area contributed by atoms with Gasteiger partial charge in [-0.05, 0) is 29.0 Å². The number of pyridine rings is 1. The molecule has 0 radical (unpaired) electrons. The second kappa shape index (κ2) is 6.14. The Hall–Kier alpha value is -4.24. The zero-order chi connectivity index (χ0) is 20.1. The number of aromatic amines is 1. The molecule has 0 amide bonds. The summed E-state index contributed by atoms with van der Waals surface area (Å²) >= 11 is 0. The Morgan fingerprint density at radius 2 is 1.72 bits per heavy atom. The molecule has 0 aliphatic carbocycles. The van der Waals surface area contributed by atoms with Crippen LogP contribution in [-0.2, 0) is 0 Å². The lowest BCUT2D eigenvalue weighted by molar-refractivity contribution is 0.395. The minimum Gasteiger partial charge on any atom is -0.508 e. The fourth-order valence-corrected chi connectivity index (χ4v) is 4.05. The lowest BCUT2D eigenvalue weighted by Crippen LogP contribution is -2.28. The van der Waals surface area contributed by atoms with E-state index in [-0.39, 0.29) is 22.8 Å². The number of ether oxygens (including phenoxy) is 1. The SMILES string of the molecule is N#CC1=C(N)Oc2c(c(=O)[nH]c3ccccc23)[C@@H]1c1c(O)ccc2ccccc12. The third-order valence-corrected chi connectivity index (χ3v) is 5.32. The van der Waals surface area contributed by atoms with Gasteiger partial charge in [0, 0.05) is 10.9 Å². The van der Waals surface area contributed by atoms with Gasteiger partial charge in [-0.3, -0.25) is 4.79 Å². The van der Waals surface area contributed by atoms with Crippen molar-refractivity contribution in [1.29, 1.82) is 5.26 Å². The maximum absolute atomic E-state index is 13.1. The number of aromatic hydroxyl groups is 1. The Balaban J connectivity index is 1.95. The van der Waals surface area contributed by atoms with Crippen LogP contribution in [-0.4, -0.2) is 10.1 Å². The molecule has 1 aromatic heterocycles. The summed E-state index contributed by atoms with van der Waals surface area (Å²) in [5, 5.41) is 22.9. The minimum atomic E-state index is -0.858. The van der Waals surface area contributed by atoms with Crippen LogP contribution in [0.1, 0.15) is 17.0 Å². The van der Waals surface area contributed by atoms with Gasteiger partial charge >= 0.3 is 0 Å². The second-order valence-corrected chi connectivity index (χ2v) is 6.89. The van der Waals surface area contributed by atoms with Crippen molar-refractivity contribution < 1.29 is 9.84 Å². The van der Waals surface area contributed by atoms with Crippen LogP contribution in [0.15, 0.2) is 76.9 Å². The highest BCUT2D eigenvalue weighted by atomic mass is 16.5. The topological polar surface area (TPSA) is 112 Å². The van der Waals surface area contributed by atoms with Crippen LogP contribution < -0.4 is 16.0 Å². The highest BCUT2D eigenvalue weighted by Crippen LogP contribution is 2.47. The molecule has 6 heteroatoms. The van der Waals surface area contributed by atoms with E-state index in [0.29, 0.717) is 22.2 Å². The molecule has 140 valence electrons. The van der Waals surface area contributed by atoms with E-state index in [1.54, 1.807) is 24.3 Å². The van der Waals surface area contributed by atoms with Crippen molar-refractivity contribution in [2.75, 3.05) is 0 Å². The number of nitrogens with one attached hydrogen (secondary N) is 1. The van der Waals surface area contributed by atoms with E-state index in [9.17, 15) is 15.2 Å². The molecule has 0 unspecified atom stereocenters. The first kappa shape index (κ1) is 16.9. The van der Waals surface area contributed by atoms with Gasteiger partial charge in [-0.25, -0.2) is 0 Å². The number of aromatic nitrogens is 1. The molecule has 29 heavy (non-hydrogen) atoms. The van der Waals surface area contributed by atoms with Crippen molar-refractivity contribution in [1.82, 2.24) is 4.98 Å². The van der Waals surface area contributed by atoms with Crippen molar-refractivity contribution in [2.24, 2.45) is 5.73 Å². The second-order valence-electron chi connectivity index (χ2n) is 6.89. The van der Waals surface area contributed by atoms with Crippen molar-refractivity contribution >= 4 is 21.7 Å². The number of fused-ring (bicyclic) bond motifs is 4. The third-order valence-electron chi connectivity index (χ3n) is 5.32. The van der Waals surface area contributed by atoms with Crippen LogP contribution >= 0.6 is 0 Å². The number of allylic oxidation sites excluding steroid dienone is 1. The van der Waals surface area contributed by atoms with Crippen LogP contribution in [0.4, 0.5) is 0 Å². The maximum Gasteiger partial charge on any atom is 0.256 e. The van der Waals surface area contributed by atoms with E-state index < -0.39 is 11.5 Å². The lowest BCUT2D eigenvalue weighted by Gasteiger charge is -2.27. The molecular formula is C23H15N3O3. The molecule has 1 aliphatic heterocycles. The molecule has 0 fully saturated rings. The van der Waals surface area contributed by atoms with E-state index in [1.807, 2.05) is 36.4 Å². The van der Waals surface area contributed by atoms with E-state index in [1.165, 1.54) is 0 Å². The number of H-pyrrole nitrogens is 1. The molecule has 3 aromatic carbocycles. The predicted octanol–water partition coefficient (Wildman–Crippen LogP) is 3.61. The molecule has 6 nitrogen and oxygen atoms in total. The minimum absolute atomic E-state index is 0.0188. The average molecular weight is 381 g/mol. The number of phenols is 1. The average Bonchev–Trinajstić information content (AvgIpc) is 2.73. The molecule has 0 saturated carbocycles. The highest BCUT2D eigenvalue weighted by molar-refractivity contribution is 5.92. The summed E-state index contributed by atoms with van der Waals surface area (Å²) in [4.78, 5) is 15.9. The molecule has 2 heterocycles. The summed E-state index contributed by atoms with van der Waals surface area (Å²) in [5.74, 6) is -0.649. The summed E-state index contributed by atoms with van der Waals surface area (Å²) in [7, 11) is 0. The molecule has 1 aliphatic rings. The molecular weight excluding hydrogens is 366 g/mol. The number of nitrogens with zero attached hydrogens (tertiary/aromatic N) is 1. The monoisotopic (exact) mass is 381 g/mol. The number of hydrogen-bond acceptors (Lipinski definition) is 5. The van der Waals surface area contributed by atoms with Gasteiger partial charge < -0.3 is 20.6 Å². The zero-order valence-electron chi connectivity index (χ0n) is 15.1. The van der Waals surface area contributed by atoms with Crippen molar-refractivity contribution in [2.45, 2.75) is 5.92 Å². The van der Waals surface area contributed by atoms with Gasteiger partial charge in [-0.2, -0.15) is 5.26 Å². The van der Waals surface area contributed by atoms with Crippen LogP contribution in [0.3, 0.4) is 0 Å². The highest BCUT2D eigenvalue weighted by Gasteiger charge is 2.36. The number of rotatable bonds is 1. The standard InChI is InChI=1S/C23H15N3O3/c24-11-15-19(18-13-6-2-1-5-12(13)9-10-17(18)27)20-21(29-22(15)25)14-7-3-4-8-16(14)26-23(20)28/h1-10,19,27H,25H2,(H,26,28)/t19-/m0/s1. The van der Waals surface area contributed by atoms with Crippen molar-refractivity contribution in [3.05, 3.63) is 93.6 Å². The third kappa shape index (κ3) is 2.38. The quantitative estimate of drug-likeness (QED) is 0.466. The molecule has 4 aromatic rings. The smallest absolute Gasteiger partial charge is 0.256 e. The summed E-state index contributed by atoms with van der Waals surface area (Å²) in [6, 6.07) is 20.1. The maximum atomic E-state index is 13.1. The van der Waals surface area contributed by atoms with Gasteiger partial charge in [0.25, 0.3) is 5.56 Å². The first-order valence-electron chi connectivity index (χ1n) is 9.03. The molecule has 1 atom stereocenters. The van der Waals surface area contributed by atoms with Crippen LogP contribution in [0, 0.1) is 11.3 Å².